The van der Waals surface area contributed by atoms with Crippen molar-refractivity contribution in [1.82, 2.24) is 21.3 Å². The molecule has 0 aromatic heterocycles. The third-order valence-corrected chi connectivity index (χ3v) is 4.91. The minimum Gasteiger partial charge on any atom is -0.391 e. The number of aliphatic hydroxyl groups is 1. The van der Waals surface area contributed by atoms with E-state index in [0.29, 0.717) is 6.42 Å². The predicted octanol–water partition coefficient (Wildman–Crippen LogP) is -0.780. The van der Waals surface area contributed by atoms with E-state index in [9.17, 15) is 29.1 Å². The minimum atomic E-state index is -1.34. The van der Waals surface area contributed by atoms with Gasteiger partial charge in [-0.1, -0.05) is 20.3 Å². The van der Waals surface area contributed by atoms with Crippen molar-refractivity contribution in [3.05, 3.63) is 0 Å². The summed E-state index contributed by atoms with van der Waals surface area (Å²) in [5.74, 6) is -3.27. The zero-order valence-corrected chi connectivity index (χ0v) is 19.0. The Morgan fingerprint density at radius 2 is 1.30 bits per heavy atom. The zero-order valence-electron chi connectivity index (χ0n) is 18.2. The van der Waals surface area contributed by atoms with Crippen LogP contribution in [0.5, 0.6) is 0 Å². The van der Waals surface area contributed by atoms with Crippen LogP contribution in [0.25, 0.3) is 0 Å². The van der Waals surface area contributed by atoms with E-state index in [1.165, 1.54) is 27.7 Å². The number of carbonyl (C=O) groups excluding carboxylic acids is 5. The molecule has 0 aliphatic carbocycles. The summed E-state index contributed by atoms with van der Waals surface area (Å²) in [6.45, 7) is 9.10. The predicted molar refractivity (Wildman–Crippen MR) is 112 cm³/mol. The molecule has 6 atom stereocenters. The molecule has 11 heteroatoms. The number of rotatable bonds is 12. The summed E-state index contributed by atoms with van der Waals surface area (Å²) in [5.41, 5.74) is 0. The van der Waals surface area contributed by atoms with Gasteiger partial charge in [-0.05, 0) is 26.7 Å². The Hall–Kier alpha value is -2.20. The van der Waals surface area contributed by atoms with Gasteiger partial charge in [-0.3, -0.25) is 24.0 Å². The van der Waals surface area contributed by atoms with E-state index in [0.717, 1.165) is 0 Å². The number of Topliss-reactive ketones (excluding diaryl/α,β-unsaturated/α-hetero) is 1. The Morgan fingerprint density at radius 1 is 0.800 bits per heavy atom. The summed E-state index contributed by atoms with van der Waals surface area (Å²) in [5, 5.41) is 19.7. The average molecular weight is 449 g/mol. The van der Waals surface area contributed by atoms with Gasteiger partial charge in [0.15, 0.2) is 5.78 Å². The molecule has 0 saturated carbocycles. The van der Waals surface area contributed by atoms with Crippen LogP contribution in [0.3, 0.4) is 0 Å². The highest BCUT2D eigenvalue weighted by molar-refractivity contribution is 6.28. The average Bonchev–Trinajstić information content (AvgIpc) is 2.67. The lowest BCUT2D eigenvalue weighted by atomic mass is 9.98. The fraction of sp³-hybridized carbons (Fsp3) is 0.737. The van der Waals surface area contributed by atoms with E-state index in [1.807, 2.05) is 6.92 Å². The van der Waals surface area contributed by atoms with Gasteiger partial charge in [0.25, 0.3) is 0 Å². The largest absolute Gasteiger partial charge is 0.391 e. The minimum absolute atomic E-state index is 0.166. The molecule has 172 valence electrons. The molecule has 30 heavy (non-hydrogen) atoms. The van der Waals surface area contributed by atoms with Crippen LogP contribution in [-0.4, -0.2) is 70.7 Å². The van der Waals surface area contributed by atoms with E-state index in [-0.39, 0.29) is 17.7 Å². The van der Waals surface area contributed by atoms with E-state index in [4.69, 9.17) is 11.6 Å². The summed E-state index contributed by atoms with van der Waals surface area (Å²) in [6.07, 6.45) is -0.634. The van der Waals surface area contributed by atoms with Crippen molar-refractivity contribution in [3.8, 4) is 0 Å². The first-order chi connectivity index (χ1) is 13.8. The molecule has 0 heterocycles. The third-order valence-electron chi connectivity index (χ3n) is 4.64. The van der Waals surface area contributed by atoms with Crippen LogP contribution in [0.2, 0.25) is 0 Å². The number of carbonyl (C=O) groups is 5. The first-order valence-corrected chi connectivity index (χ1v) is 10.3. The molecule has 0 rings (SSSR count). The van der Waals surface area contributed by atoms with Crippen molar-refractivity contribution in [2.45, 2.75) is 78.2 Å². The van der Waals surface area contributed by atoms with Gasteiger partial charge >= 0.3 is 0 Å². The number of halogens is 1. The lowest BCUT2D eigenvalue weighted by Crippen LogP contribution is -2.59. The maximum Gasteiger partial charge on any atom is 0.245 e. The Morgan fingerprint density at radius 3 is 1.73 bits per heavy atom. The Labute approximate surface area is 181 Å². The molecule has 4 amide bonds. The molecule has 0 aromatic carbocycles. The fourth-order valence-electron chi connectivity index (χ4n) is 2.47. The second-order valence-electron chi connectivity index (χ2n) is 7.35. The molecular formula is C19H33ClN4O6. The first kappa shape index (κ1) is 27.8. The molecule has 0 spiro atoms. The van der Waals surface area contributed by atoms with Crippen molar-refractivity contribution in [3.63, 3.8) is 0 Å². The highest BCUT2D eigenvalue weighted by Gasteiger charge is 2.31. The lowest BCUT2D eigenvalue weighted by Gasteiger charge is -2.27. The number of aliphatic hydroxyl groups excluding tert-OH is 1. The van der Waals surface area contributed by atoms with Crippen molar-refractivity contribution in [1.29, 1.82) is 0 Å². The number of hydrogen-bond donors (Lipinski definition) is 5. The van der Waals surface area contributed by atoms with Crippen molar-refractivity contribution >= 4 is 41.0 Å². The second kappa shape index (κ2) is 13.2. The normalized spacial score (nSPS) is 16.8. The summed E-state index contributed by atoms with van der Waals surface area (Å²) in [7, 11) is 0. The standard InChI is InChI=1S/C19H33ClN4O6/c1-7-9(2)15(23-13(6)26)18(29)22-11(4)17(28)24-16(12(5)25)19(30)21-10(3)14(27)8-20/h9-12,15-16,25H,7-8H2,1-6H3,(H,21,30)(H,22,29)(H,23,26)(H,24,28). The molecule has 5 N–H and O–H groups in total. The van der Waals surface area contributed by atoms with Gasteiger partial charge < -0.3 is 26.4 Å². The van der Waals surface area contributed by atoms with Crippen LogP contribution in [0, 0.1) is 5.92 Å². The number of ketones is 1. The van der Waals surface area contributed by atoms with E-state index in [1.54, 1.807) is 6.92 Å². The molecular weight excluding hydrogens is 416 g/mol. The van der Waals surface area contributed by atoms with Crippen LogP contribution in [-0.2, 0) is 24.0 Å². The fourth-order valence-corrected chi connectivity index (χ4v) is 2.70. The Balaban J connectivity index is 5.11. The molecule has 0 aliphatic rings. The Kier molecular flexibility index (Phi) is 12.2. The van der Waals surface area contributed by atoms with E-state index >= 15 is 0 Å². The van der Waals surface area contributed by atoms with Gasteiger partial charge in [-0.15, -0.1) is 11.6 Å². The lowest BCUT2D eigenvalue weighted by molar-refractivity contribution is -0.135. The summed E-state index contributed by atoms with van der Waals surface area (Å²) in [4.78, 5) is 60.2. The smallest absolute Gasteiger partial charge is 0.245 e. The summed E-state index contributed by atoms with van der Waals surface area (Å²) >= 11 is 5.45. The van der Waals surface area contributed by atoms with Crippen LogP contribution < -0.4 is 21.3 Å². The van der Waals surface area contributed by atoms with Crippen molar-refractivity contribution in [2.24, 2.45) is 5.92 Å². The second-order valence-corrected chi connectivity index (χ2v) is 7.62. The van der Waals surface area contributed by atoms with Crippen LogP contribution in [0.1, 0.15) is 48.0 Å². The number of amides is 4. The highest BCUT2D eigenvalue weighted by Crippen LogP contribution is 2.08. The molecule has 0 saturated heterocycles. The first-order valence-electron chi connectivity index (χ1n) is 9.80. The molecule has 0 aromatic rings. The monoisotopic (exact) mass is 448 g/mol. The number of alkyl halides is 1. The maximum atomic E-state index is 12.5. The SMILES string of the molecule is CCC(C)C(NC(C)=O)C(=O)NC(C)C(=O)NC(C(=O)NC(C)C(=O)CCl)C(C)O. The zero-order chi connectivity index (χ0) is 23.6. The van der Waals surface area contributed by atoms with Crippen LogP contribution in [0.15, 0.2) is 0 Å². The molecule has 0 radical (unpaired) electrons. The van der Waals surface area contributed by atoms with Gasteiger partial charge in [-0.2, -0.15) is 0 Å². The quantitative estimate of drug-likeness (QED) is 0.247. The van der Waals surface area contributed by atoms with Crippen molar-refractivity contribution < 1.29 is 29.1 Å². The third kappa shape index (κ3) is 9.08. The maximum absolute atomic E-state index is 12.5. The van der Waals surface area contributed by atoms with E-state index in [2.05, 4.69) is 21.3 Å². The van der Waals surface area contributed by atoms with Gasteiger partial charge in [0.1, 0.15) is 18.1 Å². The summed E-state index contributed by atoms with van der Waals surface area (Å²) in [6, 6.07) is -4.10. The van der Waals surface area contributed by atoms with E-state index < -0.39 is 53.8 Å². The molecule has 6 unspecified atom stereocenters. The van der Waals surface area contributed by atoms with Crippen molar-refractivity contribution in [2.75, 3.05) is 5.88 Å². The van der Waals surface area contributed by atoms with Crippen LogP contribution in [0.4, 0.5) is 0 Å². The van der Waals surface area contributed by atoms with Gasteiger partial charge in [0.05, 0.1) is 18.0 Å². The van der Waals surface area contributed by atoms with Crippen LogP contribution >= 0.6 is 11.6 Å². The van der Waals surface area contributed by atoms with Gasteiger partial charge in [-0.25, -0.2) is 0 Å². The molecule has 0 aliphatic heterocycles. The molecule has 0 bridgehead atoms. The van der Waals surface area contributed by atoms with Gasteiger partial charge in [0.2, 0.25) is 23.6 Å². The highest BCUT2D eigenvalue weighted by atomic mass is 35.5. The topological polar surface area (TPSA) is 154 Å². The Bertz CT molecular complexity index is 643. The van der Waals surface area contributed by atoms with Gasteiger partial charge in [0, 0.05) is 6.92 Å². The summed E-state index contributed by atoms with van der Waals surface area (Å²) < 4.78 is 0. The molecule has 0 fully saturated rings. The molecule has 10 nitrogen and oxygen atoms in total. The number of nitrogens with one attached hydrogen (secondary N) is 4. The number of hydrogen-bond acceptors (Lipinski definition) is 6.